The van der Waals surface area contributed by atoms with Crippen LogP contribution in [0.1, 0.15) is 37.9 Å². The molecular formula is C20H27NO3. The minimum atomic E-state index is -0.659. The molecule has 0 radical (unpaired) electrons. The van der Waals surface area contributed by atoms with E-state index >= 15 is 0 Å². The van der Waals surface area contributed by atoms with E-state index in [1.54, 1.807) is 7.11 Å². The van der Waals surface area contributed by atoms with E-state index in [4.69, 9.17) is 15.2 Å². The van der Waals surface area contributed by atoms with E-state index in [0.29, 0.717) is 18.1 Å². The molecule has 0 aliphatic heterocycles. The van der Waals surface area contributed by atoms with Crippen LogP contribution in [0.2, 0.25) is 0 Å². The maximum Gasteiger partial charge on any atom is 0.161 e. The molecule has 2 atom stereocenters. The molecule has 0 saturated heterocycles. The van der Waals surface area contributed by atoms with Gasteiger partial charge in [0.2, 0.25) is 0 Å². The summed E-state index contributed by atoms with van der Waals surface area (Å²) >= 11 is 0. The summed E-state index contributed by atoms with van der Waals surface area (Å²) < 4.78 is 11.3. The predicted molar refractivity (Wildman–Crippen MR) is 96.2 cm³/mol. The number of methoxy groups -OCH3 is 1. The van der Waals surface area contributed by atoms with Gasteiger partial charge in [-0.1, -0.05) is 57.2 Å². The lowest BCUT2D eigenvalue weighted by molar-refractivity contribution is 0.0400. The van der Waals surface area contributed by atoms with Crippen LogP contribution in [-0.2, 0) is 6.61 Å². The third-order valence-electron chi connectivity index (χ3n) is 4.04. The highest BCUT2D eigenvalue weighted by molar-refractivity contribution is 5.44. The standard InChI is InChI=1S/C20H27NO3/c1-20(2,3)19(22)18(21)15-10-11-16(23-4)17(12-15)24-13-14-8-6-5-7-9-14/h5-12,18-19,22H,13,21H2,1-4H3/t18-,19-/m0/s1. The maximum absolute atomic E-state index is 10.4. The molecule has 0 aliphatic carbocycles. The molecule has 0 aromatic heterocycles. The van der Waals surface area contributed by atoms with Crippen molar-refractivity contribution in [3.8, 4) is 11.5 Å². The van der Waals surface area contributed by atoms with Crippen LogP contribution >= 0.6 is 0 Å². The van der Waals surface area contributed by atoms with Crippen molar-refractivity contribution in [3.63, 3.8) is 0 Å². The van der Waals surface area contributed by atoms with Gasteiger partial charge in [-0.2, -0.15) is 0 Å². The molecule has 2 rings (SSSR count). The lowest BCUT2D eigenvalue weighted by atomic mass is 9.82. The molecular weight excluding hydrogens is 302 g/mol. The molecule has 4 nitrogen and oxygen atoms in total. The van der Waals surface area contributed by atoms with Crippen LogP contribution < -0.4 is 15.2 Å². The molecule has 0 bridgehead atoms. The minimum absolute atomic E-state index is 0.301. The molecule has 2 aromatic rings. The first-order valence-electron chi connectivity index (χ1n) is 8.11. The number of aliphatic hydroxyl groups excluding tert-OH is 1. The van der Waals surface area contributed by atoms with E-state index in [0.717, 1.165) is 11.1 Å². The molecule has 2 aromatic carbocycles. The molecule has 4 heteroatoms. The van der Waals surface area contributed by atoms with E-state index in [2.05, 4.69) is 0 Å². The van der Waals surface area contributed by atoms with Gasteiger partial charge in [0, 0.05) is 0 Å². The Morgan fingerprint density at radius 3 is 2.29 bits per heavy atom. The van der Waals surface area contributed by atoms with Crippen molar-refractivity contribution < 1.29 is 14.6 Å². The van der Waals surface area contributed by atoms with Crippen LogP contribution in [0.3, 0.4) is 0 Å². The van der Waals surface area contributed by atoms with Crippen LogP contribution in [0.5, 0.6) is 11.5 Å². The van der Waals surface area contributed by atoms with Crippen molar-refractivity contribution in [1.82, 2.24) is 0 Å². The molecule has 0 unspecified atom stereocenters. The lowest BCUT2D eigenvalue weighted by Gasteiger charge is -2.31. The smallest absolute Gasteiger partial charge is 0.161 e. The first kappa shape index (κ1) is 18.3. The van der Waals surface area contributed by atoms with Crippen LogP contribution in [-0.4, -0.2) is 18.3 Å². The summed E-state index contributed by atoms with van der Waals surface area (Å²) in [4.78, 5) is 0. The fourth-order valence-electron chi connectivity index (χ4n) is 2.47. The number of rotatable bonds is 6. The summed E-state index contributed by atoms with van der Waals surface area (Å²) in [6.07, 6.45) is -0.659. The Balaban J connectivity index is 2.21. The monoisotopic (exact) mass is 329 g/mol. The molecule has 3 N–H and O–H groups in total. The minimum Gasteiger partial charge on any atom is -0.493 e. The summed E-state index contributed by atoms with van der Waals surface area (Å²) in [5.74, 6) is 1.27. The van der Waals surface area contributed by atoms with Crippen LogP contribution in [0, 0.1) is 5.41 Å². The number of aliphatic hydroxyl groups is 1. The number of nitrogens with two attached hydrogens (primary N) is 1. The van der Waals surface area contributed by atoms with Crippen LogP contribution in [0.4, 0.5) is 0 Å². The predicted octanol–water partition coefficient (Wildman–Crippen LogP) is 3.68. The molecule has 0 heterocycles. The molecule has 24 heavy (non-hydrogen) atoms. The van der Waals surface area contributed by atoms with Crippen molar-refractivity contribution in [3.05, 3.63) is 59.7 Å². The quantitative estimate of drug-likeness (QED) is 0.848. The Morgan fingerprint density at radius 1 is 1.04 bits per heavy atom. The van der Waals surface area contributed by atoms with Gasteiger partial charge in [0.1, 0.15) is 6.61 Å². The third kappa shape index (κ3) is 4.49. The van der Waals surface area contributed by atoms with E-state index in [1.165, 1.54) is 0 Å². The Morgan fingerprint density at radius 2 is 1.71 bits per heavy atom. The highest BCUT2D eigenvalue weighted by Crippen LogP contribution is 2.34. The van der Waals surface area contributed by atoms with Crippen molar-refractivity contribution in [1.29, 1.82) is 0 Å². The zero-order chi connectivity index (χ0) is 17.7. The number of hydrogen-bond acceptors (Lipinski definition) is 4. The van der Waals surface area contributed by atoms with Crippen molar-refractivity contribution in [2.45, 2.75) is 39.5 Å². The average Bonchev–Trinajstić information content (AvgIpc) is 2.58. The van der Waals surface area contributed by atoms with Gasteiger partial charge in [-0.15, -0.1) is 0 Å². The normalized spacial score (nSPS) is 14.1. The zero-order valence-corrected chi connectivity index (χ0v) is 14.8. The van der Waals surface area contributed by atoms with Gasteiger partial charge in [0.05, 0.1) is 19.3 Å². The molecule has 0 spiro atoms. The number of hydrogen-bond donors (Lipinski definition) is 2. The Bertz CT molecular complexity index is 650. The second-order valence-corrected chi connectivity index (χ2v) is 7.02. The highest BCUT2D eigenvalue weighted by atomic mass is 16.5. The van der Waals surface area contributed by atoms with Gasteiger partial charge in [0.15, 0.2) is 11.5 Å². The lowest BCUT2D eigenvalue weighted by Crippen LogP contribution is -2.36. The Labute approximate surface area is 144 Å². The largest absolute Gasteiger partial charge is 0.493 e. The molecule has 0 aliphatic rings. The summed E-state index contributed by atoms with van der Waals surface area (Å²) in [6, 6.07) is 15.0. The van der Waals surface area contributed by atoms with Gasteiger partial charge in [-0.05, 0) is 28.7 Å². The second kappa shape index (κ2) is 7.69. The van der Waals surface area contributed by atoms with Crippen molar-refractivity contribution >= 4 is 0 Å². The van der Waals surface area contributed by atoms with E-state index in [9.17, 15) is 5.11 Å². The number of benzene rings is 2. The maximum atomic E-state index is 10.4. The fourth-order valence-corrected chi connectivity index (χ4v) is 2.47. The summed E-state index contributed by atoms with van der Waals surface area (Å²) in [7, 11) is 1.61. The van der Waals surface area contributed by atoms with E-state index < -0.39 is 12.1 Å². The van der Waals surface area contributed by atoms with Gasteiger partial charge in [-0.25, -0.2) is 0 Å². The van der Waals surface area contributed by atoms with Gasteiger partial charge >= 0.3 is 0 Å². The topological polar surface area (TPSA) is 64.7 Å². The summed E-state index contributed by atoms with van der Waals surface area (Å²) in [5.41, 5.74) is 7.84. The SMILES string of the molecule is COc1ccc([C@H](N)[C@H](O)C(C)(C)C)cc1OCc1ccccc1. The van der Waals surface area contributed by atoms with Crippen LogP contribution in [0.15, 0.2) is 48.5 Å². The third-order valence-corrected chi connectivity index (χ3v) is 4.04. The highest BCUT2D eigenvalue weighted by Gasteiger charge is 2.29. The fraction of sp³-hybridized carbons (Fsp3) is 0.400. The van der Waals surface area contributed by atoms with Crippen LogP contribution in [0.25, 0.3) is 0 Å². The van der Waals surface area contributed by atoms with Gasteiger partial charge < -0.3 is 20.3 Å². The Kier molecular flexibility index (Phi) is 5.86. The second-order valence-electron chi connectivity index (χ2n) is 7.02. The summed E-state index contributed by atoms with van der Waals surface area (Å²) in [5, 5.41) is 10.4. The van der Waals surface area contributed by atoms with E-state index in [-0.39, 0.29) is 5.41 Å². The molecule has 0 amide bonds. The first-order chi connectivity index (χ1) is 11.3. The van der Waals surface area contributed by atoms with Gasteiger partial charge in [-0.3, -0.25) is 0 Å². The Hall–Kier alpha value is -2.04. The first-order valence-corrected chi connectivity index (χ1v) is 8.11. The zero-order valence-electron chi connectivity index (χ0n) is 14.8. The van der Waals surface area contributed by atoms with Crippen molar-refractivity contribution in [2.24, 2.45) is 11.1 Å². The van der Waals surface area contributed by atoms with Crippen molar-refractivity contribution in [2.75, 3.05) is 7.11 Å². The molecule has 0 saturated carbocycles. The average molecular weight is 329 g/mol. The molecule has 0 fully saturated rings. The summed E-state index contributed by atoms with van der Waals surface area (Å²) in [6.45, 7) is 6.34. The van der Waals surface area contributed by atoms with Gasteiger partial charge in [0.25, 0.3) is 0 Å². The molecule has 130 valence electrons. The van der Waals surface area contributed by atoms with E-state index in [1.807, 2.05) is 69.3 Å². The number of ether oxygens (including phenoxy) is 2.